The van der Waals surface area contributed by atoms with Crippen LogP contribution in [0.1, 0.15) is 18.1 Å². The van der Waals surface area contributed by atoms with E-state index < -0.39 is 11.6 Å². The Morgan fingerprint density at radius 3 is 2.72 bits per heavy atom. The number of halogens is 2. The summed E-state index contributed by atoms with van der Waals surface area (Å²) < 4.78 is 33.0. The fourth-order valence-electron chi connectivity index (χ4n) is 2.12. The van der Waals surface area contributed by atoms with Crippen LogP contribution in [0.15, 0.2) is 30.5 Å². The van der Waals surface area contributed by atoms with Crippen LogP contribution in [0.4, 0.5) is 14.6 Å². The van der Waals surface area contributed by atoms with Gasteiger partial charge >= 0.3 is 0 Å². The van der Waals surface area contributed by atoms with Crippen LogP contribution < -0.4 is 15.4 Å². The Balaban J connectivity index is 1.92. The fraction of sp³-hybridized carbons (Fsp3) is 0.235. The number of nitrogens with zero attached hydrogens (tertiary/aromatic N) is 2. The monoisotopic (exact) mass is 362 g/mol. The van der Waals surface area contributed by atoms with E-state index in [0.29, 0.717) is 18.0 Å². The molecule has 0 bridgehead atoms. The van der Waals surface area contributed by atoms with E-state index in [1.54, 1.807) is 19.1 Å². The summed E-state index contributed by atoms with van der Waals surface area (Å²) in [7, 11) is 0. The molecule has 1 aromatic heterocycles. The molecule has 1 aromatic carbocycles. The van der Waals surface area contributed by atoms with Gasteiger partial charge in [0.15, 0.2) is 5.11 Å². The third-order valence-corrected chi connectivity index (χ3v) is 3.49. The van der Waals surface area contributed by atoms with Crippen molar-refractivity contribution < 1.29 is 13.5 Å². The first-order valence-corrected chi connectivity index (χ1v) is 7.96. The molecule has 0 fully saturated rings. The number of pyridine rings is 1. The zero-order valence-electron chi connectivity index (χ0n) is 13.5. The van der Waals surface area contributed by atoms with Crippen LogP contribution in [0.25, 0.3) is 0 Å². The second kappa shape index (κ2) is 8.89. The number of nitriles is 1. The maximum absolute atomic E-state index is 14.0. The Morgan fingerprint density at radius 2 is 2.08 bits per heavy atom. The summed E-state index contributed by atoms with van der Waals surface area (Å²) in [4.78, 5) is 4.02. The Kier molecular flexibility index (Phi) is 6.60. The minimum Gasteiger partial charge on any atom is -0.494 e. The molecule has 0 amide bonds. The number of rotatable bonds is 6. The highest BCUT2D eigenvalue weighted by Crippen LogP contribution is 2.21. The lowest BCUT2D eigenvalue weighted by atomic mass is 10.1. The van der Waals surface area contributed by atoms with Gasteiger partial charge in [0.2, 0.25) is 0 Å². The SMILES string of the molecule is CCOc1cc(F)c(CCNC(=S)Nc2ncccc2C#N)c(F)c1. The number of ether oxygens (including phenoxy) is 1. The topological polar surface area (TPSA) is 70.0 Å². The van der Waals surface area contributed by atoms with Crippen molar-refractivity contribution >= 4 is 23.1 Å². The average Bonchev–Trinajstić information content (AvgIpc) is 2.58. The van der Waals surface area contributed by atoms with Gasteiger partial charge < -0.3 is 15.4 Å². The van der Waals surface area contributed by atoms with Crippen LogP contribution in [0.3, 0.4) is 0 Å². The van der Waals surface area contributed by atoms with Gasteiger partial charge in [-0.25, -0.2) is 13.8 Å². The van der Waals surface area contributed by atoms with E-state index in [1.807, 2.05) is 6.07 Å². The molecule has 0 aliphatic heterocycles. The highest BCUT2D eigenvalue weighted by molar-refractivity contribution is 7.80. The second-order valence-corrected chi connectivity index (χ2v) is 5.35. The zero-order chi connectivity index (χ0) is 18.2. The van der Waals surface area contributed by atoms with Gasteiger partial charge in [0.05, 0.1) is 12.2 Å². The molecule has 0 radical (unpaired) electrons. The van der Waals surface area contributed by atoms with Crippen molar-refractivity contribution in [1.82, 2.24) is 10.3 Å². The van der Waals surface area contributed by atoms with Crippen molar-refractivity contribution in [3.8, 4) is 11.8 Å². The predicted molar refractivity (Wildman–Crippen MR) is 94.4 cm³/mol. The van der Waals surface area contributed by atoms with Crippen LogP contribution in [0, 0.1) is 23.0 Å². The van der Waals surface area contributed by atoms with Gasteiger partial charge in [-0.2, -0.15) is 5.26 Å². The van der Waals surface area contributed by atoms with Gasteiger partial charge in [0, 0.05) is 30.4 Å². The molecule has 0 saturated heterocycles. The third kappa shape index (κ3) is 5.09. The molecule has 0 spiro atoms. The minimum atomic E-state index is -0.666. The highest BCUT2D eigenvalue weighted by Gasteiger charge is 2.12. The van der Waals surface area contributed by atoms with Crippen LogP contribution >= 0.6 is 12.2 Å². The molecule has 25 heavy (non-hydrogen) atoms. The van der Waals surface area contributed by atoms with Crippen molar-refractivity contribution in [2.45, 2.75) is 13.3 Å². The van der Waals surface area contributed by atoms with Crippen molar-refractivity contribution in [2.24, 2.45) is 0 Å². The Morgan fingerprint density at radius 1 is 1.36 bits per heavy atom. The van der Waals surface area contributed by atoms with Gasteiger partial charge in [-0.3, -0.25) is 0 Å². The van der Waals surface area contributed by atoms with Crippen LogP contribution in [-0.4, -0.2) is 23.2 Å². The largest absolute Gasteiger partial charge is 0.494 e. The number of aromatic nitrogens is 1. The lowest BCUT2D eigenvalue weighted by molar-refractivity contribution is 0.335. The number of hydrogen-bond donors (Lipinski definition) is 2. The maximum atomic E-state index is 14.0. The standard InChI is InChI=1S/C17H16F2N4OS/c1-2-24-12-8-14(18)13(15(19)9-12)5-7-22-17(25)23-16-11(10-20)4-3-6-21-16/h3-4,6,8-9H,2,5,7H2,1H3,(H2,21,22,23,25). The van der Waals surface area contributed by atoms with E-state index in [0.717, 1.165) is 12.1 Å². The molecule has 8 heteroatoms. The lowest BCUT2D eigenvalue weighted by Crippen LogP contribution is -2.31. The molecule has 130 valence electrons. The first-order valence-electron chi connectivity index (χ1n) is 7.55. The molecular formula is C17H16F2N4OS. The summed E-state index contributed by atoms with van der Waals surface area (Å²) in [5.74, 6) is -0.854. The number of hydrogen-bond acceptors (Lipinski definition) is 4. The molecule has 0 saturated carbocycles. The van der Waals surface area contributed by atoms with Crippen molar-refractivity contribution in [3.05, 3.63) is 53.2 Å². The normalized spacial score (nSPS) is 10.0. The summed E-state index contributed by atoms with van der Waals surface area (Å²) in [5, 5.41) is 14.8. The van der Waals surface area contributed by atoms with Crippen LogP contribution in [0.5, 0.6) is 5.75 Å². The third-order valence-electron chi connectivity index (χ3n) is 3.25. The van der Waals surface area contributed by atoms with E-state index in [4.69, 9.17) is 22.2 Å². The number of nitrogens with one attached hydrogen (secondary N) is 2. The van der Waals surface area contributed by atoms with Crippen molar-refractivity contribution in [3.63, 3.8) is 0 Å². The summed E-state index contributed by atoms with van der Waals surface area (Å²) in [6.45, 7) is 2.28. The Labute approximate surface area is 149 Å². The van der Waals surface area contributed by atoms with Gasteiger partial charge in [0.1, 0.15) is 29.3 Å². The molecule has 0 atom stereocenters. The first-order chi connectivity index (χ1) is 12.0. The second-order valence-electron chi connectivity index (χ2n) is 4.94. The minimum absolute atomic E-state index is 0.0469. The van der Waals surface area contributed by atoms with E-state index in [2.05, 4.69) is 15.6 Å². The van der Waals surface area contributed by atoms with Gasteiger partial charge in [-0.1, -0.05) is 0 Å². The van der Waals surface area contributed by atoms with Gasteiger partial charge in [-0.05, 0) is 37.7 Å². The summed E-state index contributed by atoms with van der Waals surface area (Å²) in [6.07, 6.45) is 1.62. The molecule has 0 aliphatic carbocycles. The molecule has 0 unspecified atom stereocenters. The van der Waals surface area contributed by atoms with Crippen molar-refractivity contribution in [1.29, 1.82) is 5.26 Å². The molecule has 1 heterocycles. The zero-order valence-corrected chi connectivity index (χ0v) is 14.3. The quantitative estimate of drug-likeness (QED) is 0.770. The van der Waals surface area contributed by atoms with Crippen LogP contribution in [-0.2, 0) is 6.42 Å². The van der Waals surface area contributed by atoms with E-state index in [1.165, 1.54) is 6.20 Å². The molecule has 2 N–H and O–H groups in total. The molecular weight excluding hydrogens is 346 g/mol. The molecule has 2 aromatic rings. The van der Waals surface area contributed by atoms with Crippen LogP contribution in [0.2, 0.25) is 0 Å². The number of benzene rings is 1. The predicted octanol–water partition coefficient (Wildman–Crippen LogP) is 3.16. The molecule has 5 nitrogen and oxygen atoms in total. The average molecular weight is 362 g/mol. The smallest absolute Gasteiger partial charge is 0.171 e. The maximum Gasteiger partial charge on any atom is 0.171 e. The molecule has 2 rings (SSSR count). The summed E-state index contributed by atoms with van der Waals surface area (Å²) in [6, 6.07) is 7.54. The Bertz CT molecular complexity index is 784. The Hall–Kier alpha value is -2.79. The highest BCUT2D eigenvalue weighted by atomic mass is 32.1. The van der Waals surface area contributed by atoms with E-state index >= 15 is 0 Å². The van der Waals surface area contributed by atoms with Gasteiger partial charge in [-0.15, -0.1) is 0 Å². The van der Waals surface area contributed by atoms with Gasteiger partial charge in [0.25, 0.3) is 0 Å². The summed E-state index contributed by atoms with van der Waals surface area (Å²) in [5.41, 5.74) is 0.296. The van der Waals surface area contributed by atoms with E-state index in [9.17, 15) is 8.78 Å². The number of thiocarbonyl (C=S) groups is 1. The lowest BCUT2D eigenvalue weighted by Gasteiger charge is -2.12. The van der Waals surface area contributed by atoms with E-state index in [-0.39, 0.29) is 29.4 Å². The molecule has 0 aliphatic rings. The number of anilines is 1. The fourth-order valence-corrected chi connectivity index (χ4v) is 2.32. The van der Waals surface area contributed by atoms with Crippen molar-refractivity contribution in [2.75, 3.05) is 18.5 Å². The summed E-state index contributed by atoms with van der Waals surface area (Å²) >= 11 is 5.10. The first kappa shape index (κ1) is 18.5.